The largest absolute Gasteiger partial charge is 0.244 e. The van der Waals surface area contributed by atoms with Crippen LogP contribution in [0.3, 0.4) is 0 Å². The van der Waals surface area contributed by atoms with Gasteiger partial charge in [0.15, 0.2) is 0 Å². The highest BCUT2D eigenvalue weighted by molar-refractivity contribution is 5.13. The Hall–Kier alpha value is -1.57. The lowest BCUT2D eigenvalue weighted by atomic mass is 10.2. The predicted molar refractivity (Wildman–Crippen MR) is 55.8 cm³/mol. The fourth-order valence-corrected chi connectivity index (χ4v) is 1.51. The van der Waals surface area contributed by atoms with Crippen LogP contribution in [0.2, 0.25) is 0 Å². The van der Waals surface area contributed by atoms with E-state index >= 15 is 0 Å². The predicted octanol–water partition coefficient (Wildman–Crippen LogP) is 1.84. The van der Waals surface area contributed by atoms with E-state index < -0.39 is 0 Å². The van der Waals surface area contributed by atoms with Gasteiger partial charge >= 0.3 is 0 Å². The molecule has 1 heterocycles. The number of hydrogen-bond donors (Lipinski definition) is 0. The van der Waals surface area contributed by atoms with Crippen molar-refractivity contribution >= 4 is 0 Å². The van der Waals surface area contributed by atoms with Gasteiger partial charge in [0.2, 0.25) is 6.33 Å². The van der Waals surface area contributed by atoms with Crippen molar-refractivity contribution in [3.63, 3.8) is 0 Å². The Kier molecular flexibility index (Phi) is 2.63. The molecule has 0 fully saturated rings. The summed E-state index contributed by atoms with van der Waals surface area (Å²) in [6, 6.07) is 10.5. The van der Waals surface area contributed by atoms with Gasteiger partial charge in [0, 0.05) is 0 Å². The van der Waals surface area contributed by atoms with Crippen molar-refractivity contribution in [3.8, 4) is 0 Å². The Bertz CT molecular complexity index is 390. The zero-order valence-electron chi connectivity index (χ0n) is 8.43. The molecule has 72 valence electrons. The molecule has 0 radical (unpaired) electrons. The third kappa shape index (κ3) is 2.02. The molecule has 0 N–H and O–H groups in total. The van der Waals surface area contributed by atoms with E-state index in [9.17, 15) is 0 Å². The first kappa shape index (κ1) is 9.00. The molecule has 2 nitrogen and oxygen atoms in total. The smallest absolute Gasteiger partial charge is 0.237 e. The number of nitrogens with zero attached hydrogens (tertiary/aromatic N) is 2. The Balaban J connectivity index is 2.11. The number of imidazole rings is 1. The molecule has 2 aromatic rings. The Morgan fingerprint density at radius 1 is 1.21 bits per heavy atom. The Morgan fingerprint density at radius 2 is 2.00 bits per heavy atom. The lowest BCUT2D eigenvalue weighted by molar-refractivity contribution is -0.687. The Morgan fingerprint density at radius 3 is 2.64 bits per heavy atom. The number of rotatable bonds is 3. The number of benzene rings is 1. The standard InChI is InChI=1S/C12H15N2/c1-2-13-8-9-14(11-13)10-12-6-4-3-5-7-12/h3-9,11H,2,10H2,1H3/q+1. The van der Waals surface area contributed by atoms with Crippen LogP contribution in [-0.4, -0.2) is 4.57 Å². The summed E-state index contributed by atoms with van der Waals surface area (Å²) in [5, 5.41) is 0. The van der Waals surface area contributed by atoms with Crippen LogP contribution in [0.1, 0.15) is 12.5 Å². The van der Waals surface area contributed by atoms with E-state index in [1.54, 1.807) is 0 Å². The maximum absolute atomic E-state index is 2.19. The molecule has 1 aromatic carbocycles. The van der Waals surface area contributed by atoms with Crippen molar-refractivity contribution in [2.75, 3.05) is 0 Å². The summed E-state index contributed by atoms with van der Waals surface area (Å²) in [4.78, 5) is 0. The van der Waals surface area contributed by atoms with E-state index in [0.29, 0.717) is 0 Å². The van der Waals surface area contributed by atoms with E-state index in [1.165, 1.54) is 5.56 Å². The van der Waals surface area contributed by atoms with Gasteiger partial charge in [-0.25, -0.2) is 9.13 Å². The van der Waals surface area contributed by atoms with Gasteiger partial charge in [-0.3, -0.25) is 0 Å². The van der Waals surface area contributed by atoms with E-state index in [4.69, 9.17) is 0 Å². The van der Waals surface area contributed by atoms with Crippen molar-refractivity contribution in [1.82, 2.24) is 4.57 Å². The zero-order chi connectivity index (χ0) is 9.80. The van der Waals surface area contributed by atoms with E-state index in [1.807, 2.05) is 6.07 Å². The molecule has 0 aliphatic carbocycles. The highest BCUT2D eigenvalue weighted by Crippen LogP contribution is 1.97. The quantitative estimate of drug-likeness (QED) is 0.648. The molecule has 0 saturated heterocycles. The highest BCUT2D eigenvalue weighted by atomic mass is 15.1. The van der Waals surface area contributed by atoms with E-state index in [0.717, 1.165) is 13.1 Å². The zero-order valence-corrected chi connectivity index (χ0v) is 8.43. The summed E-state index contributed by atoms with van der Waals surface area (Å²) in [7, 11) is 0. The molecule has 0 saturated carbocycles. The third-order valence-electron chi connectivity index (χ3n) is 2.32. The van der Waals surface area contributed by atoms with E-state index in [-0.39, 0.29) is 0 Å². The molecule has 1 aromatic heterocycles. The molecule has 2 rings (SSSR count). The number of aromatic nitrogens is 2. The van der Waals surface area contributed by atoms with Crippen molar-refractivity contribution in [3.05, 3.63) is 54.6 Å². The van der Waals surface area contributed by atoms with Gasteiger partial charge in [0.25, 0.3) is 0 Å². The van der Waals surface area contributed by atoms with Crippen LogP contribution in [0.5, 0.6) is 0 Å². The molecule has 0 aliphatic rings. The summed E-state index contributed by atoms with van der Waals surface area (Å²) in [5.74, 6) is 0. The topological polar surface area (TPSA) is 8.81 Å². The fraction of sp³-hybridized carbons (Fsp3) is 0.250. The molecular weight excluding hydrogens is 172 g/mol. The molecule has 2 heteroatoms. The molecular formula is C12H15N2+. The average molecular weight is 187 g/mol. The Labute approximate surface area is 84.4 Å². The van der Waals surface area contributed by atoms with Crippen LogP contribution in [0.25, 0.3) is 0 Å². The normalized spacial score (nSPS) is 10.4. The van der Waals surface area contributed by atoms with Crippen molar-refractivity contribution < 1.29 is 4.57 Å². The van der Waals surface area contributed by atoms with Gasteiger partial charge in [-0.05, 0) is 12.5 Å². The van der Waals surface area contributed by atoms with Gasteiger partial charge in [-0.2, -0.15) is 0 Å². The summed E-state index contributed by atoms with van der Waals surface area (Å²) in [6.45, 7) is 4.13. The lowest BCUT2D eigenvalue weighted by Gasteiger charge is -1.95. The first-order valence-corrected chi connectivity index (χ1v) is 4.97. The van der Waals surface area contributed by atoms with Crippen LogP contribution < -0.4 is 4.57 Å². The van der Waals surface area contributed by atoms with Crippen molar-refractivity contribution in [2.45, 2.75) is 20.0 Å². The SMILES string of the molecule is CCn1cc[n+](Cc2ccccc2)c1. The average Bonchev–Trinajstić information content (AvgIpc) is 2.67. The molecule has 0 unspecified atom stereocenters. The number of aryl methyl sites for hydroxylation is 1. The lowest BCUT2D eigenvalue weighted by Crippen LogP contribution is -2.31. The summed E-state index contributed by atoms with van der Waals surface area (Å²) in [6.07, 6.45) is 6.34. The van der Waals surface area contributed by atoms with Gasteiger partial charge in [0.05, 0.1) is 6.54 Å². The first-order valence-electron chi connectivity index (χ1n) is 4.97. The second-order valence-corrected chi connectivity index (χ2v) is 3.40. The third-order valence-corrected chi connectivity index (χ3v) is 2.32. The molecule has 0 bridgehead atoms. The molecule has 0 amide bonds. The second-order valence-electron chi connectivity index (χ2n) is 3.40. The van der Waals surface area contributed by atoms with Crippen LogP contribution in [0.15, 0.2) is 49.1 Å². The number of hydrogen-bond acceptors (Lipinski definition) is 0. The second kappa shape index (κ2) is 4.09. The molecule has 0 spiro atoms. The van der Waals surface area contributed by atoms with Gasteiger partial charge in [0.1, 0.15) is 18.9 Å². The molecule has 0 aliphatic heterocycles. The van der Waals surface area contributed by atoms with Crippen LogP contribution in [-0.2, 0) is 13.1 Å². The highest BCUT2D eigenvalue weighted by Gasteiger charge is 2.01. The van der Waals surface area contributed by atoms with Gasteiger partial charge in [-0.15, -0.1) is 0 Å². The van der Waals surface area contributed by atoms with Gasteiger partial charge < -0.3 is 0 Å². The van der Waals surface area contributed by atoms with Crippen molar-refractivity contribution in [1.29, 1.82) is 0 Å². The molecule has 0 atom stereocenters. The van der Waals surface area contributed by atoms with Gasteiger partial charge in [-0.1, -0.05) is 30.3 Å². The fourth-order valence-electron chi connectivity index (χ4n) is 1.51. The van der Waals surface area contributed by atoms with E-state index in [2.05, 4.69) is 59.0 Å². The maximum atomic E-state index is 2.19. The van der Waals surface area contributed by atoms with Crippen LogP contribution in [0, 0.1) is 0 Å². The monoisotopic (exact) mass is 187 g/mol. The first-order chi connectivity index (χ1) is 6.88. The maximum Gasteiger partial charge on any atom is 0.244 e. The summed E-state index contributed by atoms with van der Waals surface area (Å²) < 4.78 is 4.36. The summed E-state index contributed by atoms with van der Waals surface area (Å²) >= 11 is 0. The minimum Gasteiger partial charge on any atom is -0.237 e. The van der Waals surface area contributed by atoms with Crippen LogP contribution >= 0.6 is 0 Å². The minimum atomic E-state index is 0.952. The minimum absolute atomic E-state index is 0.952. The molecule has 14 heavy (non-hydrogen) atoms. The van der Waals surface area contributed by atoms with Crippen molar-refractivity contribution in [2.24, 2.45) is 0 Å². The summed E-state index contributed by atoms with van der Waals surface area (Å²) in [5.41, 5.74) is 1.34. The van der Waals surface area contributed by atoms with Crippen LogP contribution in [0.4, 0.5) is 0 Å².